The Labute approximate surface area is 125 Å². The second kappa shape index (κ2) is 6.13. The first-order valence-electron chi connectivity index (χ1n) is 7.97. The van der Waals surface area contributed by atoms with E-state index in [0.717, 1.165) is 44.6 Å². The second-order valence-corrected chi connectivity index (χ2v) is 6.56. The smallest absolute Gasteiger partial charge is 0.240 e. The zero-order valence-corrected chi connectivity index (χ0v) is 12.8. The number of rotatable bonds is 5. The van der Waals surface area contributed by atoms with Crippen LogP contribution in [0.1, 0.15) is 57.2 Å². The van der Waals surface area contributed by atoms with Crippen molar-refractivity contribution in [3.8, 4) is 0 Å². The SMILES string of the molecule is CC(C)c1noc(CN2CCCC(NC(=O)C3CC3)C2)n1. The monoisotopic (exact) mass is 292 g/mol. The molecule has 1 amide bonds. The molecule has 2 fully saturated rings. The van der Waals surface area contributed by atoms with E-state index in [1.807, 2.05) is 0 Å². The van der Waals surface area contributed by atoms with Gasteiger partial charge in [-0.15, -0.1) is 0 Å². The summed E-state index contributed by atoms with van der Waals surface area (Å²) in [6.45, 7) is 6.68. The van der Waals surface area contributed by atoms with Gasteiger partial charge in [0.25, 0.3) is 0 Å². The van der Waals surface area contributed by atoms with Crippen LogP contribution in [0.4, 0.5) is 0 Å². The van der Waals surface area contributed by atoms with Crippen molar-refractivity contribution in [2.75, 3.05) is 13.1 Å². The lowest BCUT2D eigenvalue weighted by atomic mass is 10.1. The van der Waals surface area contributed by atoms with E-state index >= 15 is 0 Å². The van der Waals surface area contributed by atoms with Gasteiger partial charge in [-0.2, -0.15) is 4.98 Å². The summed E-state index contributed by atoms with van der Waals surface area (Å²) in [6.07, 6.45) is 4.28. The van der Waals surface area contributed by atoms with Gasteiger partial charge in [0.15, 0.2) is 5.82 Å². The topological polar surface area (TPSA) is 71.3 Å². The van der Waals surface area contributed by atoms with Crippen LogP contribution in [0.2, 0.25) is 0 Å². The zero-order chi connectivity index (χ0) is 14.8. The Kier molecular flexibility index (Phi) is 4.24. The molecule has 1 aromatic heterocycles. The van der Waals surface area contributed by atoms with Gasteiger partial charge in [0.05, 0.1) is 6.54 Å². The highest BCUT2D eigenvalue weighted by Crippen LogP contribution is 2.29. The van der Waals surface area contributed by atoms with Crippen LogP contribution in [0.3, 0.4) is 0 Å². The number of nitrogens with zero attached hydrogens (tertiary/aromatic N) is 3. The molecule has 116 valence electrons. The average Bonchev–Trinajstić information content (AvgIpc) is 3.20. The van der Waals surface area contributed by atoms with Crippen molar-refractivity contribution in [2.45, 2.75) is 58.0 Å². The molecule has 0 bridgehead atoms. The van der Waals surface area contributed by atoms with Crippen LogP contribution in [0.15, 0.2) is 4.52 Å². The minimum Gasteiger partial charge on any atom is -0.352 e. The Balaban J connectivity index is 1.51. The molecule has 1 aromatic rings. The van der Waals surface area contributed by atoms with Crippen molar-refractivity contribution >= 4 is 5.91 Å². The fraction of sp³-hybridized carbons (Fsp3) is 0.800. The first-order valence-corrected chi connectivity index (χ1v) is 7.97. The number of carbonyl (C=O) groups is 1. The Morgan fingerprint density at radius 3 is 2.90 bits per heavy atom. The molecule has 1 aliphatic carbocycles. The van der Waals surface area contributed by atoms with E-state index in [-0.39, 0.29) is 23.8 Å². The molecule has 0 radical (unpaired) electrons. The lowest BCUT2D eigenvalue weighted by Gasteiger charge is -2.32. The summed E-state index contributed by atoms with van der Waals surface area (Å²) in [7, 11) is 0. The van der Waals surface area contributed by atoms with Crippen LogP contribution in [0, 0.1) is 5.92 Å². The lowest BCUT2D eigenvalue weighted by Crippen LogP contribution is -2.47. The normalized spacial score (nSPS) is 23.5. The number of aromatic nitrogens is 2. The van der Waals surface area contributed by atoms with Crippen LogP contribution < -0.4 is 5.32 Å². The van der Waals surface area contributed by atoms with E-state index in [1.54, 1.807) is 0 Å². The van der Waals surface area contributed by atoms with Crippen molar-refractivity contribution in [2.24, 2.45) is 5.92 Å². The van der Waals surface area contributed by atoms with Gasteiger partial charge in [-0.1, -0.05) is 19.0 Å². The predicted octanol–water partition coefficient (Wildman–Crippen LogP) is 1.68. The highest BCUT2D eigenvalue weighted by molar-refractivity contribution is 5.81. The quantitative estimate of drug-likeness (QED) is 0.894. The maximum Gasteiger partial charge on any atom is 0.240 e. The summed E-state index contributed by atoms with van der Waals surface area (Å²) < 4.78 is 5.30. The number of hydrogen-bond donors (Lipinski definition) is 1. The van der Waals surface area contributed by atoms with Gasteiger partial charge in [-0.25, -0.2) is 0 Å². The van der Waals surface area contributed by atoms with Crippen molar-refractivity contribution in [3.63, 3.8) is 0 Å². The largest absolute Gasteiger partial charge is 0.352 e. The molecule has 0 aromatic carbocycles. The van der Waals surface area contributed by atoms with Gasteiger partial charge >= 0.3 is 0 Å². The van der Waals surface area contributed by atoms with E-state index in [2.05, 4.69) is 34.2 Å². The third kappa shape index (κ3) is 3.81. The highest BCUT2D eigenvalue weighted by atomic mass is 16.5. The predicted molar refractivity (Wildman–Crippen MR) is 77.6 cm³/mol. The van der Waals surface area contributed by atoms with Crippen LogP contribution in [0.5, 0.6) is 0 Å². The minimum absolute atomic E-state index is 0.238. The molecule has 1 saturated carbocycles. The Hall–Kier alpha value is -1.43. The molecular formula is C15H24N4O2. The number of carbonyl (C=O) groups excluding carboxylic acids is 1. The molecule has 6 nitrogen and oxygen atoms in total. The van der Waals surface area contributed by atoms with Crippen molar-refractivity contribution in [1.29, 1.82) is 0 Å². The molecule has 1 saturated heterocycles. The summed E-state index contributed by atoms with van der Waals surface area (Å²) in [5, 5.41) is 7.17. The molecule has 3 rings (SSSR count). The van der Waals surface area contributed by atoms with Gasteiger partial charge < -0.3 is 9.84 Å². The van der Waals surface area contributed by atoms with Crippen molar-refractivity contribution in [3.05, 3.63) is 11.7 Å². The number of piperidine rings is 1. The minimum atomic E-state index is 0.238. The number of nitrogens with one attached hydrogen (secondary N) is 1. The molecule has 1 N–H and O–H groups in total. The maximum atomic E-state index is 11.8. The fourth-order valence-electron chi connectivity index (χ4n) is 2.74. The molecule has 6 heteroatoms. The number of hydrogen-bond acceptors (Lipinski definition) is 5. The van der Waals surface area contributed by atoms with E-state index in [1.165, 1.54) is 0 Å². The van der Waals surface area contributed by atoms with Gasteiger partial charge in [-0.3, -0.25) is 9.69 Å². The van der Waals surface area contributed by atoms with Crippen molar-refractivity contribution < 1.29 is 9.32 Å². The number of likely N-dealkylation sites (tertiary alicyclic amines) is 1. The first-order chi connectivity index (χ1) is 10.1. The molecular weight excluding hydrogens is 268 g/mol. The molecule has 0 spiro atoms. The Morgan fingerprint density at radius 1 is 1.43 bits per heavy atom. The second-order valence-electron chi connectivity index (χ2n) is 6.56. The molecule has 1 atom stereocenters. The zero-order valence-electron chi connectivity index (χ0n) is 12.8. The van der Waals surface area contributed by atoms with Gasteiger partial charge in [0.2, 0.25) is 11.8 Å². The summed E-state index contributed by atoms with van der Waals surface area (Å²) in [5.41, 5.74) is 0. The lowest BCUT2D eigenvalue weighted by molar-refractivity contribution is -0.123. The number of amides is 1. The molecule has 2 heterocycles. The van der Waals surface area contributed by atoms with Crippen LogP contribution in [-0.4, -0.2) is 40.1 Å². The third-order valence-corrected chi connectivity index (χ3v) is 4.16. The molecule has 1 unspecified atom stereocenters. The van der Waals surface area contributed by atoms with Gasteiger partial charge in [0, 0.05) is 24.4 Å². The molecule has 2 aliphatic rings. The maximum absolute atomic E-state index is 11.8. The van der Waals surface area contributed by atoms with Gasteiger partial charge in [-0.05, 0) is 32.2 Å². The summed E-state index contributed by atoms with van der Waals surface area (Å²) in [4.78, 5) is 18.6. The van der Waals surface area contributed by atoms with E-state index < -0.39 is 0 Å². The summed E-state index contributed by atoms with van der Waals surface area (Å²) >= 11 is 0. The van der Waals surface area contributed by atoms with Gasteiger partial charge in [0.1, 0.15) is 0 Å². The van der Waals surface area contributed by atoms with E-state index in [4.69, 9.17) is 4.52 Å². The standard InChI is InChI=1S/C15H24N4O2/c1-10(2)14-17-13(21-18-14)9-19-7-3-4-12(8-19)16-15(20)11-5-6-11/h10-12H,3-9H2,1-2H3,(H,16,20). The fourth-order valence-corrected chi connectivity index (χ4v) is 2.74. The highest BCUT2D eigenvalue weighted by Gasteiger charge is 2.32. The summed E-state index contributed by atoms with van der Waals surface area (Å²) in [5.74, 6) is 2.24. The van der Waals surface area contributed by atoms with Crippen molar-refractivity contribution in [1.82, 2.24) is 20.4 Å². The average molecular weight is 292 g/mol. The van der Waals surface area contributed by atoms with E-state index in [0.29, 0.717) is 12.4 Å². The molecule has 21 heavy (non-hydrogen) atoms. The van der Waals surface area contributed by atoms with Crippen LogP contribution in [-0.2, 0) is 11.3 Å². The molecule has 1 aliphatic heterocycles. The summed E-state index contributed by atoms with van der Waals surface area (Å²) in [6, 6.07) is 0.263. The van der Waals surface area contributed by atoms with E-state index in [9.17, 15) is 4.79 Å². The first kappa shape index (κ1) is 14.5. The van der Waals surface area contributed by atoms with Crippen LogP contribution >= 0.6 is 0 Å². The third-order valence-electron chi connectivity index (χ3n) is 4.16. The van der Waals surface area contributed by atoms with Crippen LogP contribution in [0.25, 0.3) is 0 Å². The Morgan fingerprint density at radius 2 is 2.24 bits per heavy atom. The Bertz CT molecular complexity index is 496.